The Bertz CT molecular complexity index is 1550. The van der Waals surface area contributed by atoms with E-state index in [2.05, 4.69) is 13.8 Å². The summed E-state index contributed by atoms with van der Waals surface area (Å²) in [6.45, 7) is 18.7. The van der Waals surface area contributed by atoms with E-state index in [9.17, 15) is 19.2 Å². The number of carbonyl (C=O) groups is 4. The number of ether oxygens (including phenoxy) is 4. The van der Waals surface area contributed by atoms with Crippen LogP contribution in [0.25, 0.3) is 10.8 Å². The number of nitrogens with zero attached hydrogens (tertiary/aromatic N) is 4. The van der Waals surface area contributed by atoms with E-state index >= 15 is 0 Å². The normalized spacial score (nSPS) is 15.3. The van der Waals surface area contributed by atoms with Gasteiger partial charge in [-0.3, -0.25) is 19.2 Å². The first-order valence-electron chi connectivity index (χ1n) is 20.2. The lowest BCUT2D eigenvalue weighted by atomic mass is 9.81. The van der Waals surface area contributed by atoms with Crippen LogP contribution < -0.4 is 9.47 Å². The first kappa shape index (κ1) is 43.2. The molecule has 2 aromatic rings. The topological polar surface area (TPSA) is 118 Å². The Balaban J connectivity index is 1.97. The number of methoxy groups -OCH3 is 2. The van der Waals surface area contributed by atoms with E-state index in [0.29, 0.717) is 63.5 Å². The summed E-state index contributed by atoms with van der Waals surface area (Å²) >= 11 is 0. The molecule has 2 heterocycles. The van der Waals surface area contributed by atoms with Gasteiger partial charge in [0.2, 0.25) is 0 Å². The van der Waals surface area contributed by atoms with Crippen molar-refractivity contribution in [3.8, 4) is 11.5 Å². The van der Waals surface area contributed by atoms with Gasteiger partial charge in [0.05, 0.1) is 36.5 Å². The lowest BCUT2D eigenvalue weighted by molar-refractivity contribution is -0.0309. The van der Waals surface area contributed by atoms with E-state index in [4.69, 9.17) is 18.9 Å². The van der Waals surface area contributed by atoms with Crippen molar-refractivity contribution in [3.63, 3.8) is 0 Å². The lowest BCUT2D eigenvalue weighted by Gasteiger charge is -2.43. The van der Waals surface area contributed by atoms with Gasteiger partial charge in [0.15, 0.2) is 0 Å². The van der Waals surface area contributed by atoms with Gasteiger partial charge in [-0.2, -0.15) is 0 Å². The zero-order valence-corrected chi connectivity index (χ0v) is 34.5. The van der Waals surface area contributed by atoms with Gasteiger partial charge in [-0.1, -0.05) is 52.4 Å². The van der Waals surface area contributed by atoms with Crippen LogP contribution in [0, 0.1) is 13.8 Å². The summed E-state index contributed by atoms with van der Waals surface area (Å²) in [4.78, 5) is 59.8. The predicted molar refractivity (Wildman–Crippen MR) is 210 cm³/mol. The van der Waals surface area contributed by atoms with Gasteiger partial charge in [0.25, 0.3) is 23.6 Å². The molecule has 0 saturated heterocycles. The second kappa shape index (κ2) is 19.8. The highest BCUT2D eigenvalue weighted by Gasteiger charge is 2.49. The van der Waals surface area contributed by atoms with Crippen molar-refractivity contribution in [2.45, 2.75) is 132 Å². The Morgan fingerprint density at radius 1 is 0.537 bits per heavy atom. The second-order valence-corrected chi connectivity index (χ2v) is 14.5. The van der Waals surface area contributed by atoms with Crippen molar-refractivity contribution in [1.29, 1.82) is 0 Å². The number of hydrogen-bond acceptors (Lipinski definition) is 10. The van der Waals surface area contributed by atoms with Crippen LogP contribution in [0.5, 0.6) is 11.5 Å². The zero-order chi connectivity index (χ0) is 39.7. The number of hydrazine groups is 2. The van der Waals surface area contributed by atoms with Crippen LogP contribution >= 0.6 is 0 Å². The van der Waals surface area contributed by atoms with Crippen LogP contribution in [-0.4, -0.2) is 109 Å². The predicted octanol–water partition coefficient (Wildman–Crippen LogP) is 7.89. The molecular formula is C42H64N4O8. The van der Waals surface area contributed by atoms with E-state index < -0.39 is 23.6 Å². The molecule has 0 radical (unpaired) electrons. The fourth-order valence-corrected chi connectivity index (χ4v) is 8.01. The quantitative estimate of drug-likeness (QED) is 0.0774. The minimum Gasteiger partial charge on any atom is -0.496 e. The van der Waals surface area contributed by atoms with E-state index in [1.54, 1.807) is 13.8 Å². The number of unbranched alkanes of at least 4 members (excludes halogenated alkanes) is 6. The van der Waals surface area contributed by atoms with Crippen molar-refractivity contribution >= 4 is 34.4 Å². The molecule has 0 saturated carbocycles. The smallest absolute Gasteiger partial charge is 0.279 e. The molecule has 0 aromatic heterocycles. The number of amides is 4. The van der Waals surface area contributed by atoms with E-state index in [0.717, 1.165) is 51.4 Å². The number of carbonyl (C=O) groups excluding carboxylic acids is 4. The van der Waals surface area contributed by atoms with Crippen LogP contribution in [0.15, 0.2) is 0 Å². The molecule has 12 nitrogen and oxygen atoms in total. The van der Waals surface area contributed by atoms with Gasteiger partial charge in [0, 0.05) is 73.5 Å². The summed E-state index contributed by atoms with van der Waals surface area (Å²) in [7, 11) is 2.95. The lowest BCUT2D eigenvalue weighted by Crippen LogP contribution is -2.57. The first-order chi connectivity index (χ1) is 26.0. The van der Waals surface area contributed by atoms with Crippen molar-refractivity contribution < 1.29 is 38.1 Å². The minimum absolute atomic E-state index is 0.168. The molecule has 0 N–H and O–H groups in total. The highest BCUT2D eigenvalue weighted by molar-refractivity contribution is 6.35. The molecule has 4 rings (SSSR count). The molecule has 2 unspecified atom stereocenters. The average Bonchev–Trinajstić information content (AvgIpc) is 3.14. The van der Waals surface area contributed by atoms with Crippen LogP contribution in [-0.2, 0) is 9.47 Å². The summed E-state index contributed by atoms with van der Waals surface area (Å²) in [5.41, 5.74) is 1.64. The molecule has 2 aliphatic rings. The second-order valence-electron chi connectivity index (χ2n) is 14.5. The molecule has 0 aliphatic carbocycles. The van der Waals surface area contributed by atoms with Gasteiger partial charge in [-0.05, 0) is 67.2 Å². The van der Waals surface area contributed by atoms with Gasteiger partial charge < -0.3 is 18.9 Å². The van der Waals surface area contributed by atoms with E-state index in [1.807, 2.05) is 37.7 Å². The van der Waals surface area contributed by atoms with Crippen molar-refractivity contribution in [3.05, 3.63) is 33.4 Å². The summed E-state index contributed by atoms with van der Waals surface area (Å²) < 4.78 is 23.4. The fraction of sp³-hybridized carbons (Fsp3) is 0.667. The number of imide groups is 2. The van der Waals surface area contributed by atoms with Crippen molar-refractivity contribution in [1.82, 2.24) is 20.0 Å². The zero-order valence-electron chi connectivity index (χ0n) is 34.5. The maximum atomic E-state index is 14.9. The standard InChI is InChI=1S/C42H64N4O8/c1-11-15-17-19-23-43(27(5)21-25-53-13-3)45-39(47)31-29(7)38(52-10)36-34-32(30(8)37(51-9)35(33(31)34)41(45)49)40(48)46(42(36)50)44(24-20-18-16-12-2)28(6)22-26-54-14-4/h27-28H,11-26H2,1-10H3. The Morgan fingerprint density at radius 2 is 0.889 bits per heavy atom. The molecular weight excluding hydrogens is 688 g/mol. The third-order valence-corrected chi connectivity index (χ3v) is 10.9. The highest BCUT2D eigenvalue weighted by Crippen LogP contribution is 2.50. The molecule has 0 spiro atoms. The van der Waals surface area contributed by atoms with Crippen LogP contribution in [0.3, 0.4) is 0 Å². The van der Waals surface area contributed by atoms with Gasteiger partial charge >= 0.3 is 0 Å². The molecule has 300 valence electrons. The average molecular weight is 753 g/mol. The number of hydrogen-bond donors (Lipinski definition) is 0. The van der Waals surface area contributed by atoms with Gasteiger partial charge in [-0.15, -0.1) is 0 Å². The fourth-order valence-electron chi connectivity index (χ4n) is 8.01. The maximum absolute atomic E-state index is 14.9. The number of rotatable bonds is 24. The Hall–Kier alpha value is -3.58. The van der Waals surface area contributed by atoms with Gasteiger partial charge in [-0.25, -0.2) is 20.0 Å². The number of benzene rings is 2. The summed E-state index contributed by atoms with van der Waals surface area (Å²) in [6.07, 6.45) is 8.89. The van der Waals surface area contributed by atoms with Crippen molar-refractivity contribution in [2.75, 3.05) is 53.7 Å². The third kappa shape index (κ3) is 8.32. The summed E-state index contributed by atoms with van der Waals surface area (Å²) in [5.74, 6) is -1.70. The molecule has 54 heavy (non-hydrogen) atoms. The SMILES string of the molecule is CCCCCCN(C(C)CCOCC)N1C(=O)c2c(C)c(OC)c3c4c(c(C)c(OC)c(c24)C1=O)C(=O)N(N(CCCCCC)C(C)CCOCC)C3=O. The summed E-state index contributed by atoms with van der Waals surface area (Å²) in [5, 5.41) is 6.77. The summed E-state index contributed by atoms with van der Waals surface area (Å²) in [6, 6.07) is -0.417. The molecule has 2 atom stereocenters. The van der Waals surface area contributed by atoms with Crippen LogP contribution in [0.4, 0.5) is 0 Å². The monoisotopic (exact) mass is 752 g/mol. The van der Waals surface area contributed by atoms with Crippen LogP contribution in [0.2, 0.25) is 0 Å². The van der Waals surface area contributed by atoms with E-state index in [1.165, 1.54) is 24.2 Å². The molecule has 0 fully saturated rings. The molecule has 0 bridgehead atoms. The van der Waals surface area contributed by atoms with Crippen molar-refractivity contribution in [2.24, 2.45) is 0 Å². The Morgan fingerprint density at radius 3 is 1.20 bits per heavy atom. The largest absolute Gasteiger partial charge is 0.496 e. The third-order valence-electron chi connectivity index (χ3n) is 10.9. The first-order valence-corrected chi connectivity index (χ1v) is 20.2. The van der Waals surface area contributed by atoms with Gasteiger partial charge in [0.1, 0.15) is 11.5 Å². The van der Waals surface area contributed by atoms with Crippen LogP contribution in [0.1, 0.15) is 158 Å². The Labute approximate surface area is 322 Å². The Kier molecular flexibility index (Phi) is 15.9. The minimum atomic E-state index is -0.544. The maximum Gasteiger partial charge on any atom is 0.279 e. The molecule has 4 amide bonds. The molecule has 2 aromatic carbocycles. The molecule has 2 aliphatic heterocycles. The van der Waals surface area contributed by atoms with E-state index in [-0.39, 0.29) is 56.6 Å². The highest BCUT2D eigenvalue weighted by atomic mass is 16.5. The molecule has 12 heteroatoms.